The van der Waals surface area contributed by atoms with E-state index in [2.05, 4.69) is 4.98 Å². The van der Waals surface area contributed by atoms with Gasteiger partial charge in [-0.3, -0.25) is 4.79 Å². The number of alkyl halides is 1. The van der Waals surface area contributed by atoms with Gasteiger partial charge in [0.2, 0.25) is 9.84 Å². The summed E-state index contributed by atoms with van der Waals surface area (Å²) in [4.78, 5) is 25.8. The summed E-state index contributed by atoms with van der Waals surface area (Å²) in [6.45, 7) is -0.544. The molecule has 2 N–H and O–H groups in total. The van der Waals surface area contributed by atoms with Gasteiger partial charge in [0, 0.05) is 11.7 Å². The SMILES string of the molecule is O=c1[nH]c2c(S(=O)(=O)c3ccc4ccn(CCF)c4c3)ccc(Cl)c2c(=O)n1O. The smallest absolute Gasteiger partial charge is 0.362 e. The number of aryl methyl sites for hydroxylation is 1. The summed E-state index contributed by atoms with van der Waals surface area (Å²) in [6, 6.07) is 8.46. The van der Waals surface area contributed by atoms with Gasteiger partial charge in [0.1, 0.15) is 6.67 Å². The number of hydrogen-bond donors (Lipinski definition) is 2. The third-order valence-corrected chi connectivity index (χ3v) is 6.73. The van der Waals surface area contributed by atoms with Crippen LogP contribution in [0.25, 0.3) is 21.8 Å². The van der Waals surface area contributed by atoms with Crippen LogP contribution in [0, 0.1) is 0 Å². The molecular formula is C18H13ClFN3O5S. The molecule has 150 valence electrons. The average molecular weight is 438 g/mol. The summed E-state index contributed by atoms with van der Waals surface area (Å²) in [7, 11) is -4.20. The molecule has 0 fully saturated rings. The van der Waals surface area contributed by atoms with Crippen molar-refractivity contribution < 1.29 is 18.0 Å². The molecule has 0 atom stereocenters. The number of aromatic nitrogens is 3. The van der Waals surface area contributed by atoms with Crippen molar-refractivity contribution in [1.82, 2.24) is 14.3 Å². The van der Waals surface area contributed by atoms with Crippen LogP contribution < -0.4 is 11.2 Å². The van der Waals surface area contributed by atoms with E-state index < -0.39 is 27.8 Å². The summed E-state index contributed by atoms with van der Waals surface area (Å²) >= 11 is 5.99. The molecule has 0 aliphatic rings. The molecule has 4 rings (SSSR count). The first kappa shape index (κ1) is 19.2. The Hall–Kier alpha value is -3.11. The Morgan fingerprint density at radius 3 is 2.62 bits per heavy atom. The first-order valence-corrected chi connectivity index (χ1v) is 10.2. The van der Waals surface area contributed by atoms with Gasteiger partial charge in [0.05, 0.1) is 32.3 Å². The lowest BCUT2D eigenvalue weighted by Gasteiger charge is -2.10. The van der Waals surface area contributed by atoms with E-state index in [4.69, 9.17) is 11.6 Å². The Morgan fingerprint density at radius 1 is 1.14 bits per heavy atom. The van der Waals surface area contributed by atoms with Crippen molar-refractivity contribution >= 4 is 43.2 Å². The Kier molecular flexibility index (Phi) is 4.47. The van der Waals surface area contributed by atoms with Crippen LogP contribution in [-0.4, -0.2) is 34.6 Å². The number of fused-ring (bicyclic) bond motifs is 2. The van der Waals surface area contributed by atoms with Crippen molar-refractivity contribution in [3.8, 4) is 0 Å². The van der Waals surface area contributed by atoms with Gasteiger partial charge in [-0.1, -0.05) is 22.4 Å². The van der Waals surface area contributed by atoms with Crippen molar-refractivity contribution in [2.45, 2.75) is 16.3 Å². The highest BCUT2D eigenvalue weighted by Gasteiger charge is 2.25. The summed E-state index contributed by atoms with van der Waals surface area (Å²) < 4.78 is 40.7. The number of sulfone groups is 1. The van der Waals surface area contributed by atoms with Gasteiger partial charge in [-0.2, -0.15) is 0 Å². The van der Waals surface area contributed by atoms with E-state index >= 15 is 0 Å². The maximum Gasteiger partial charge on any atom is 0.362 e. The molecule has 8 nitrogen and oxygen atoms in total. The average Bonchev–Trinajstić information content (AvgIpc) is 3.08. The molecule has 0 bridgehead atoms. The maximum atomic E-state index is 13.3. The normalized spacial score (nSPS) is 12.1. The topological polar surface area (TPSA) is 114 Å². The molecule has 0 aliphatic heterocycles. The van der Waals surface area contributed by atoms with Gasteiger partial charge in [-0.25, -0.2) is 17.6 Å². The number of aromatic amines is 1. The van der Waals surface area contributed by atoms with E-state index in [1.54, 1.807) is 22.9 Å². The Bertz CT molecular complexity index is 1500. The summed E-state index contributed by atoms with van der Waals surface area (Å²) in [5.41, 5.74) is -2.13. The van der Waals surface area contributed by atoms with Gasteiger partial charge in [0.15, 0.2) is 0 Å². The van der Waals surface area contributed by atoms with Gasteiger partial charge < -0.3 is 14.8 Å². The summed E-state index contributed by atoms with van der Waals surface area (Å²) in [5.74, 6) is 0. The van der Waals surface area contributed by atoms with Crippen LogP contribution in [-0.2, 0) is 16.4 Å². The van der Waals surface area contributed by atoms with Gasteiger partial charge in [0.25, 0.3) is 5.56 Å². The molecule has 0 unspecified atom stereocenters. The molecule has 2 aromatic carbocycles. The van der Waals surface area contributed by atoms with E-state index in [1.807, 2.05) is 0 Å². The molecule has 0 saturated carbocycles. The minimum absolute atomic E-state index is 0.0697. The lowest BCUT2D eigenvalue weighted by molar-refractivity contribution is 0.162. The maximum absolute atomic E-state index is 13.3. The number of benzene rings is 2. The van der Waals surface area contributed by atoms with Gasteiger partial charge >= 0.3 is 5.69 Å². The molecule has 2 heterocycles. The Morgan fingerprint density at radius 2 is 1.90 bits per heavy atom. The van der Waals surface area contributed by atoms with Crippen LogP contribution in [0.5, 0.6) is 0 Å². The van der Waals surface area contributed by atoms with Crippen LogP contribution in [0.4, 0.5) is 4.39 Å². The van der Waals surface area contributed by atoms with E-state index in [9.17, 15) is 27.6 Å². The molecule has 0 saturated heterocycles. The zero-order valence-electron chi connectivity index (χ0n) is 14.6. The Balaban J connectivity index is 2.02. The zero-order valence-corrected chi connectivity index (χ0v) is 16.2. The molecule has 29 heavy (non-hydrogen) atoms. The summed E-state index contributed by atoms with van der Waals surface area (Å²) in [6.07, 6.45) is 1.65. The fourth-order valence-electron chi connectivity index (χ4n) is 3.22. The van der Waals surface area contributed by atoms with Crippen molar-refractivity contribution in [2.24, 2.45) is 0 Å². The second-order valence-corrected chi connectivity index (χ2v) is 8.59. The minimum atomic E-state index is -4.20. The number of H-pyrrole nitrogens is 1. The van der Waals surface area contributed by atoms with E-state index in [-0.39, 0.29) is 37.0 Å². The van der Waals surface area contributed by atoms with Crippen LogP contribution >= 0.6 is 11.6 Å². The van der Waals surface area contributed by atoms with Crippen molar-refractivity contribution in [3.63, 3.8) is 0 Å². The lowest BCUT2D eigenvalue weighted by Crippen LogP contribution is -2.33. The van der Waals surface area contributed by atoms with E-state index in [0.29, 0.717) is 5.52 Å². The standard InChI is InChI=1S/C18H13ClFN3O5S/c19-12-3-4-14(16-15(12)17(24)23(26)18(25)21-16)29(27,28)11-2-1-10-5-7-22(8-6-20)13(10)9-11/h1-5,7,9,26H,6,8H2,(H,21,25). The fraction of sp³-hybridized carbons (Fsp3) is 0.111. The van der Waals surface area contributed by atoms with Crippen molar-refractivity contribution in [3.05, 3.63) is 68.5 Å². The monoisotopic (exact) mass is 437 g/mol. The largest absolute Gasteiger partial charge is 0.421 e. The van der Waals surface area contributed by atoms with Crippen LogP contribution in [0.1, 0.15) is 0 Å². The number of nitrogens with one attached hydrogen (secondary N) is 1. The first-order chi connectivity index (χ1) is 13.8. The molecule has 0 radical (unpaired) electrons. The van der Waals surface area contributed by atoms with Crippen LogP contribution in [0.3, 0.4) is 0 Å². The van der Waals surface area contributed by atoms with Gasteiger partial charge in [-0.15, -0.1) is 0 Å². The number of nitrogens with zero attached hydrogens (tertiary/aromatic N) is 2. The highest BCUT2D eigenvalue weighted by molar-refractivity contribution is 7.91. The fourth-order valence-corrected chi connectivity index (χ4v) is 4.89. The molecule has 0 amide bonds. The Labute approximate surface area is 167 Å². The second-order valence-electron chi connectivity index (χ2n) is 6.26. The third kappa shape index (κ3) is 2.91. The first-order valence-electron chi connectivity index (χ1n) is 8.32. The molecule has 0 spiro atoms. The van der Waals surface area contributed by atoms with Crippen molar-refractivity contribution in [1.29, 1.82) is 0 Å². The van der Waals surface area contributed by atoms with Gasteiger partial charge in [-0.05, 0) is 35.7 Å². The highest BCUT2D eigenvalue weighted by atomic mass is 35.5. The lowest BCUT2D eigenvalue weighted by atomic mass is 10.2. The molecule has 0 aliphatic carbocycles. The predicted molar refractivity (Wildman–Crippen MR) is 104 cm³/mol. The number of rotatable bonds is 4. The second kappa shape index (κ2) is 6.75. The van der Waals surface area contributed by atoms with E-state index in [1.165, 1.54) is 24.3 Å². The predicted octanol–water partition coefficient (Wildman–Crippen LogP) is 2.34. The van der Waals surface area contributed by atoms with E-state index in [0.717, 1.165) is 5.39 Å². The molecular weight excluding hydrogens is 425 g/mol. The summed E-state index contributed by atoms with van der Waals surface area (Å²) in [5, 5.41) is 9.80. The highest BCUT2D eigenvalue weighted by Crippen LogP contribution is 2.31. The molecule has 11 heteroatoms. The zero-order chi connectivity index (χ0) is 20.9. The number of hydrogen-bond acceptors (Lipinski definition) is 5. The van der Waals surface area contributed by atoms with Crippen molar-refractivity contribution in [2.75, 3.05) is 6.67 Å². The third-order valence-electron chi connectivity index (χ3n) is 4.62. The molecule has 4 aromatic rings. The number of halogens is 2. The minimum Gasteiger partial charge on any atom is -0.421 e. The molecule has 2 aromatic heterocycles. The van der Waals surface area contributed by atoms with Crippen LogP contribution in [0.15, 0.2) is 62.0 Å². The quantitative estimate of drug-likeness (QED) is 0.475. The van der Waals surface area contributed by atoms with Crippen LogP contribution in [0.2, 0.25) is 5.02 Å².